The number of piperidine rings is 1. The minimum Gasteiger partial charge on any atom is -0.333 e. The molecule has 1 fully saturated rings. The Bertz CT molecular complexity index is 158. The monoisotopic (exact) mass is 152 g/mol. The van der Waals surface area contributed by atoms with Crippen molar-refractivity contribution in [1.82, 2.24) is 10.2 Å². The number of nitrogens with zero attached hydrogens (tertiary/aromatic N) is 1. The highest BCUT2D eigenvalue weighted by Crippen LogP contribution is 2.07. The van der Waals surface area contributed by atoms with Gasteiger partial charge in [-0.1, -0.05) is 5.92 Å². The van der Waals surface area contributed by atoms with Crippen LogP contribution in [0.5, 0.6) is 0 Å². The second-order valence-corrected chi connectivity index (χ2v) is 2.91. The van der Waals surface area contributed by atoms with Gasteiger partial charge in [-0.2, -0.15) is 0 Å². The Morgan fingerprint density at radius 3 is 2.45 bits per heavy atom. The highest BCUT2D eigenvalue weighted by Gasteiger charge is 2.14. The van der Waals surface area contributed by atoms with E-state index in [9.17, 15) is 0 Å². The second kappa shape index (κ2) is 4.25. The van der Waals surface area contributed by atoms with Crippen LogP contribution in [0, 0.1) is 12.0 Å². The summed E-state index contributed by atoms with van der Waals surface area (Å²) in [4.78, 5) is 2.20. The molecule has 0 bridgehead atoms. The summed E-state index contributed by atoms with van der Waals surface area (Å²) in [6, 6.07) is 3.80. The third-order valence-electron chi connectivity index (χ3n) is 2.17. The van der Waals surface area contributed by atoms with Crippen LogP contribution in [-0.2, 0) is 0 Å². The van der Waals surface area contributed by atoms with E-state index in [-0.39, 0.29) is 0 Å². The van der Waals surface area contributed by atoms with Crippen molar-refractivity contribution in [2.45, 2.75) is 25.8 Å². The van der Waals surface area contributed by atoms with E-state index in [0.29, 0.717) is 6.04 Å². The number of hydrogen-bond donors (Lipinski definition) is 1. The molecule has 1 saturated heterocycles. The maximum absolute atomic E-state index is 3.29. The molecule has 2 nitrogen and oxygen atoms in total. The minimum absolute atomic E-state index is 0.713. The summed E-state index contributed by atoms with van der Waals surface area (Å²) in [6.07, 6.45) is 2.45. The summed E-state index contributed by atoms with van der Waals surface area (Å²) >= 11 is 0. The summed E-state index contributed by atoms with van der Waals surface area (Å²) in [7, 11) is 2.03. The maximum atomic E-state index is 3.29. The van der Waals surface area contributed by atoms with Crippen LogP contribution >= 0.6 is 0 Å². The second-order valence-electron chi connectivity index (χ2n) is 2.91. The fourth-order valence-corrected chi connectivity index (χ4v) is 1.44. The van der Waals surface area contributed by atoms with Gasteiger partial charge in [-0.15, -0.1) is 0 Å². The Labute approximate surface area is 69.0 Å². The predicted octanol–water partition coefficient (Wildman–Crippen LogP) is 0.651. The van der Waals surface area contributed by atoms with E-state index in [1.54, 1.807) is 0 Å². The van der Waals surface area contributed by atoms with Crippen molar-refractivity contribution < 1.29 is 0 Å². The summed E-state index contributed by atoms with van der Waals surface area (Å²) in [6.45, 7) is 4.13. The van der Waals surface area contributed by atoms with Crippen LogP contribution < -0.4 is 5.32 Å². The molecule has 2 heteroatoms. The summed E-state index contributed by atoms with van der Waals surface area (Å²) in [5, 5.41) is 3.29. The Kier molecular flexibility index (Phi) is 3.25. The Hall–Kier alpha value is -0.680. The van der Waals surface area contributed by atoms with E-state index in [2.05, 4.69) is 22.2 Å². The molecule has 1 aliphatic rings. The van der Waals surface area contributed by atoms with E-state index in [1.807, 2.05) is 14.0 Å². The molecule has 0 spiro atoms. The van der Waals surface area contributed by atoms with Crippen molar-refractivity contribution in [3.63, 3.8) is 0 Å². The van der Waals surface area contributed by atoms with Gasteiger partial charge in [0.2, 0.25) is 0 Å². The van der Waals surface area contributed by atoms with Crippen molar-refractivity contribution >= 4 is 0 Å². The van der Waals surface area contributed by atoms with Crippen LogP contribution in [0.3, 0.4) is 0 Å². The number of hydrogen-bond acceptors (Lipinski definition) is 2. The zero-order valence-electron chi connectivity index (χ0n) is 7.35. The molecule has 0 aromatic heterocycles. The molecule has 1 heterocycles. The van der Waals surface area contributed by atoms with E-state index < -0.39 is 0 Å². The first-order valence-electron chi connectivity index (χ1n) is 4.21. The zero-order chi connectivity index (χ0) is 8.10. The normalized spacial score (nSPS) is 19.3. The first-order valence-corrected chi connectivity index (χ1v) is 4.21. The Morgan fingerprint density at radius 2 is 2.00 bits per heavy atom. The molecule has 62 valence electrons. The molecular formula is C9H16N2. The van der Waals surface area contributed by atoms with Gasteiger partial charge < -0.3 is 10.2 Å². The number of nitrogens with one attached hydrogen (secondary N) is 1. The van der Waals surface area contributed by atoms with Crippen LogP contribution in [0.2, 0.25) is 0 Å². The smallest absolute Gasteiger partial charge is 0.0275 e. The topological polar surface area (TPSA) is 15.3 Å². The molecule has 1 rings (SSSR count). The van der Waals surface area contributed by atoms with Crippen LogP contribution in [0.15, 0.2) is 0 Å². The lowest BCUT2D eigenvalue weighted by atomic mass is 10.1. The van der Waals surface area contributed by atoms with Crippen molar-refractivity contribution in [2.75, 3.05) is 20.1 Å². The molecule has 0 aromatic carbocycles. The molecule has 0 unspecified atom stereocenters. The van der Waals surface area contributed by atoms with Crippen LogP contribution in [0.1, 0.15) is 19.8 Å². The van der Waals surface area contributed by atoms with Crippen molar-refractivity contribution in [3.8, 4) is 12.0 Å². The zero-order valence-corrected chi connectivity index (χ0v) is 7.35. The van der Waals surface area contributed by atoms with Crippen LogP contribution in [-0.4, -0.2) is 31.1 Å². The van der Waals surface area contributed by atoms with Gasteiger partial charge in [0.1, 0.15) is 0 Å². The largest absolute Gasteiger partial charge is 0.333 e. The molecule has 0 saturated carbocycles. The van der Waals surface area contributed by atoms with Gasteiger partial charge in [-0.25, -0.2) is 0 Å². The highest BCUT2D eigenvalue weighted by molar-refractivity contribution is 4.96. The predicted molar refractivity (Wildman–Crippen MR) is 47.1 cm³/mol. The van der Waals surface area contributed by atoms with E-state index in [1.165, 1.54) is 12.8 Å². The molecular weight excluding hydrogens is 136 g/mol. The summed E-state index contributed by atoms with van der Waals surface area (Å²) in [5.41, 5.74) is 0. The first-order chi connectivity index (χ1) is 5.36. The van der Waals surface area contributed by atoms with Gasteiger partial charge in [-0.3, -0.25) is 0 Å². The minimum atomic E-state index is 0.713. The molecule has 0 atom stereocenters. The van der Waals surface area contributed by atoms with Crippen LogP contribution in [0.25, 0.3) is 0 Å². The van der Waals surface area contributed by atoms with E-state index in [4.69, 9.17) is 0 Å². The molecule has 11 heavy (non-hydrogen) atoms. The lowest BCUT2D eigenvalue weighted by molar-refractivity contribution is 0.279. The summed E-state index contributed by atoms with van der Waals surface area (Å²) in [5.74, 6) is 2.93. The molecule has 0 aromatic rings. The SMILES string of the molecule is CC#CN1CCC(NC)CC1. The average Bonchev–Trinajstić information content (AvgIpc) is 2.07. The molecule has 1 N–H and O–H groups in total. The van der Waals surface area contributed by atoms with E-state index in [0.717, 1.165) is 13.1 Å². The Balaban J connectivity index is 2.28. The lowest BCUT2D eigenvalue weighted by Gasteiger charge is -2.28. The fourth-order valence-electron chi connectivity index (χ4n) is 1.44. The molecule has 0 amide bonds. The molecule has 0 radical (unpaired) electrons. The highest BCUT2D eigenvalue weighted by atomic mass is 15.1. The van der Waals surface area contributed by atoms with Gasteiger partial charge in [0.15, 0.2) is 0 Å². The lowest BCUT2D eigenvalue weighted by Crippen LogP contribution is -2.38. The quantitative estimate of drug-likeness (QED) is 0.555. The van der Waals surface area contributed by atoms with Crippen molar-refractivity contribution in [3.05, 3.63) is 0 Å². The van der Waals surface area contributed by atoms with Gasteiger partial charge in [0.25, 0.3) is 0 Å². The number of rotatable bonds is 1. The molecule has 1 aliphatic heterocycles. The van der Waals surface area contributed by atoms with Gasteiger partial charge >= 0.3 is 0 Å². The summed E-state index contributed by atoms with van der Waals surface area (Å²) < 4.78 is 0. The standard InChI is InChI=1S/C9H16N2/c1-3-6-11-7-4-9(10-2)5-8-11/h9-10H,4-5,7-8H2,1-2H3. The van der Waals surface area contributed by atoms with Gasteiger partial charge in [0.05, 0.1) is 0 Å². The average molecular weight is 152 g/mol. The van der Waals surface area contributed by atoms with Crippen LogP contribution in [0.4, 0.5) is 0 Å². The van der Waals surface area contributed by atoms with Gasteiger partial charge in [0, 0.05) is 25.2 Å². The van der Waals surface area contributed by atoms with Crippen molar-refractivity contribution in [2.24, 2.45) is 0 Å². The van der Waals surface area contributed by atoms with Gasteiger partial charge in [-0.05, 0) is 26.8 Å². The fraction of sp³-hybridized carbons (Fsp3) is 0.778. The maximum Gasteiger partial charge on any atom is 0.0275 e. The number of likely N-dealkylation sites (tertiary alicyclic amines) is 1. The van der Waals surface area contributed by atoms with Crippen molar-refractivity contribution in [1.29, 1.82) is 0 Å². The third-order valence-corrected chi connectivity index (χ3v) is 2.17. The third kappa shape index (κ3) is 2.44. The first kappa shape index (κ1) is 8.42. The molecule has 0 aliphatic carbocycles. The Morgan fingerprint density at radius 1 is 1.36 bits per heavy atom. The van der Waals surface area contributed by atoms with E-state index >= 15 is 0 Å².